The number of halogens is 2. The quantitative estimate of drug-likeness (QED) is 0.514. The van der Waals surface area contributed by atoms with Gasteiger partial charge in [0.15, 0.2) is 0 Å². The first-order valence-corrected chi connectivity index (χ1v) is 3.87. The molecule has 0 aliphatic carbocycles. The Kier molecular flexibility index (Phi) is 3.09. The van der Waals surface area contributed by atoms with Crippen LogP contribution in [0.5, 0.6) is 0 Å². The molecule has 0 N–H and O–H groups in total. The van der Waals surface area contributed by atoms with Crippen molar-refractivity contribution in [3.8, 4) is 6.07 Å². The summed E-state index contributed by atoms with van der Waals surface area (Å²) in [4.78, 5) is 3.80. The van der Waals surface area contributed by atoms with Crippen LogP contribution in [-0.4, -0.2) is 4.98 Å². The van der Waals surface area contributed by atoms with E-state index in [1.54, 1.807) is 18.3 Å². The van der Waals surface area contributed by atoms with Crippen molar-refractivity contribution in [3.05, 3.63) is 34.1 Å². The molecule has 0 amide bonds. The van der Waals surface area contributed by atoms with Crippen molar-refractivity contribution in [1.29, 1.82) is 5.26 Å². The monoisotopic (exact) mass is 198 g/mol. The van der Waals surface area contributed by atoms with Crippen LogP contribution in [0.4, 0.5) is 0 Å². The topological polar surface area (TPSA) is 36.7 Å². The van der Waals surface area contributed by atoms with Gasteiger partial charge in [-0.3, -0.25) is 0 Å². The highest BCUT2D eigenvalue weighted by Gasteiger charge is 1.97. The van der Waals surface area contributed by atoms with Crippen molar-refractivity contribution in [3.63, 3.8) is 0 Å². The summed E-state index contributed by atoms with van der Waals surface area (Å²) in [5.41, 5.74) is 0.756. The lowest BCUT2D eigenvalue weighted by Crippen LogP contribution is -1.78. The fourth-order valence-corrected chi connectivity index (χ4v) is 0.939. The zero-order chi connectivity index (χ0) is 8.97. The fraction of sp³-hybridized carbons (Fsp3) is 0. The van der Waals surface area contributed by atoms with E-state index in [4.69, 9.17) is 28.5 Å². The second-order valence-electron chi connectivity index (χ2n) is 2.00. The molecule has 60 valence electrons. The Morgan fingerprint density at radius 2 is 2.25 bits per heavy atom. The van der Waals surface area contributed by atoms with Gasteiger partial charge in [0.05, 0.1) is 11.1 Å². The van der Waals surface area contributed by atoms with Gasteiger partial charge in [0, 0.05) is 12.3 Å². The van der Waals surface area contributed by atoms with Crippen molar-refractivity contribution in [2.24, 2.45) is 0 Å². The third-order valence-electron chi connectivity index (χ3n) is 1.17. The minimum atomic E-state index is 0.269. The van der Waals surface area contributed by atoms with E-state index in [2.05, 4.69) is 4.98 Å². The first kappa shape index (κ1) is 9.05. The lowest BCUT2D eigenvalue weighted by atomic mass is 10.3. The standard InChI is InChI=1S/C8H4Cl2N2/c9-7-4-6(2-1-3-11)5-12-8(7)10/h1-2,4-5H. The molecule has 0 aliphatic rings. The van der Waals surface area contributed by atoms with Crippen LogP contribution >= 0.6 is 23.2 Å². The van der Waals surface area contributed by atoms with Gasteiger partial charge in [-0.25, -0.2) is 4.98 Å². The van der Waals surface area contributed by atoms with Crippen molar-refractivity contribution in [2.75, 3.05) is 0 Å². The summed E-state index contributed by atoms with van der Waals surface area (Å²) in [6.45, 7) is 0. The molecule has 12 heavy (non-hydrogen) atoms. The molecule has 0 saturated heterocycles. The van der Waals surface area contributed by atoms with Crippen LogP contribution in [0.25, 0.3) is 6.08 Å². The van der Waals surface area contributed by atoms with E-state index in [0.29, 0.717) is 5.02 Å². The van der Waals surface area contributed by atoms with Crippen LogP contribution in [0.15, 0.2) is 18.3 Å². The van der Waals surface area contributed by atoms with Gasteiger partial charge in [0.2, 0.25) is 0 Å². The van der Waals surface area contributed by atoms with E-state index in [0.717, 1.165) is 5.56 Å². The number of nitriles is 1. The van der Waals surface area contributed by atoms with Crippen LogP contribution in [0, 0.1) is 11.3 Å². The molecule has 1 aromatic rings. The number of hydrogen-bond acceptors (Lipinski definition) is 2. The number of rotatable bonds is 1. The number of allylic oxidation sites excluding steroid dienone is 1. The summed E-state index contributed by atoms with van der Waals surface area (Å²) < 4.78 is 0. The summed E-state index contributed by atoms with van der Waals surface area (Å²) in [5.74, 6) is 0. The Hall–Kier alpha value is -1.04. The molecule has 0 spiro atoms. The van der Waals surface area contributed by atoms with Crippen LogP contribution in [0.1, 0.15) is 5.56 Å². The maximum atomic E-state index is 8.24. The molecule has 0 fully saturated rings. The molecular formula is C8H4Cl2N2. The Labute approximate surface area is 80.1 Å². The maximum absolute atomic E-state index is 8.24. The van der Waals surface area contributed by atoms with Crippen LogP contribution < -0.4 is 0 Å². The Morgan fingerprint density at radius 3 is 2.83 bits per heavy atom. The third kappa shape index (κ3) is 2.23. The number of nitrogens with zero attached hydrogens (tertiary/aromatic N) is 2. The van der Waals surface area contributed by atoms with Gasteiger partial charge in [-0.15, -0.1) is 0 Å². The van der Waals surface area contributed by atoms with Crippen LogP contribution in [0.3, 0.4) is 0 Å². The van der Waals surface area contributed by atoms with Crippen molar-refractivity contribution in [2.45, 2.75) is 0 Å². The average Bonchev–Trinajstić information content (AvgIpc) is 2.07. The second kappa shape index (κ2) is 4.10. The lowest BCUT2D eigenvalue weighted by molar-refractivity contribution is 1.32. The largest absolute Gasteiger partial charge is 0.242 e. The van der Waals surface area contributed by atoms with Gasteiger partial charge in [0.25, 0.3) is 0 Å². The molecule has 0 unspecified atom stereocenters. The highest BCUT2D eigenvalue weighted by molar-refractivity contribution is 6.41. The number of pyridine rings is 1. The normalized spacial score (nSPS) is 10.1. The molecule has 1 rings (SSSR count). The summed E-state index contributed by atoms with van der Waals surface area (Å²) in [5, 5.41) is 8.89. The van der Waals surface area contributed by atoms with E-state index in [9.17, 15) is 0 Å². The summed E-state index contributed by atoms with van der Waals surface area (Å²) in [7, 11) is 0. The first-order valence-electron chi connectivity index (χ1n) is 3.11. The van der Waals surface area contributed by atoms with Gasteiger partial charge < -0.3 is 0 Å². The van der Waals surface area contributed by atoms with Gasteiger partial charge in [0.1, 0.15) is 5.15 Å². The molecule has 0 atom stereocenters. The molecule has 0 saturated carbocycles. The van der Waals surface area contributed by atoms with Crippen LogP contribution in [-0.2, 0) is 0 Å². The predicted octanol–water partition coefficient (Wildman–Crippen LogP) is 2.93. The number of aromatic nitrogens is 1. The summed E-state index contributed by atoms with van der Waals surface area (Å²) in [6.07, 6.45) is 4.50. The Balaban J connectivity index is 2.99. The van der Waals surface area contributed by atoms with Crippen molar-refractivity contribution < 1.29 is 0 Å². The van der Waals surface area contributed by atoms with Gasteiger partial charge in [-0.05, 0) is 17.7 Å². The van der Waals surface area contributed by atoms with E-state index < -0.39 is 0 Å². The predicted molar refractivity (Wildman–Crippen MR) is 48.9 cm³/mol. The summed E-state index contributed by atoms with van der Waals surface area (Å²) >= 11 is 11.3. The Bertz CT molecular complexity index is 353. The van der Waals surface area contributed by atoms with E-state index in [1.807, 2.05) is 6.07 Å². The summed E-state index contributed by atoms with van der Waals surface area (Å²) in [6, 6.07) is 3.51. The minimum absolute atomic E-state index is 0.269. The maximum Gasteiger partial charge on any atom is 0.147 e. The fourth-order valence-electron chi connectivity index (χ4n) is 0.661. The lowest BCUT2D eigenvalue weighted by Gasteiger charge is -1.94. The van der Waals surface area contributed by atoms with Crippen LogP contribution in [0.2, 0.25) is 10.2 Å². The molecule has 1 aromatic heterocycles. The number of hydrogen-bond donors (Lipinski definition) is 0. The SMILES string of the molecule is N#CC=Cc1cnc(Cl)c(Cl)c1. The average molecular weight is 199 g/mol. The molecule has 4 heteroatoms. The minimum Gasteiger partial charge on any atom is -0.242 e. The van der Waals surface area contributed by atoms with Crippen molar-refractivity contribution in [1.82, 2.24) is 4.98 Å². The molecule has 0 aliphatic heterocycles. The first-order chi connectivity index (χ1) is 5.74. The molecule has 0 bridgehead atoms. The van der Waals surface area contributed by atoms with E-state index in [1.165, 1.54) is 6.08 Å². The van der Waals surface area contributed by atoms with Gasteiger partial charge >= 0.3 is 0 Å². The molecular weight excluding hydrogens is 195 g/mol. The molecule has 1 heterocycles. The highest BCUT2D eigenvalue weighted by atomic mass is 35.5. The zero-order valence-electron chi connectivity index (χ0n) is 5.96. The zero-order valence-corrected chi connectivity index (χ0v) is 7.47. The van der Waals surface area contributed by atoms with E-state index in [-0.39, 0.29) is 5.15 Å². The van der Waals surface area contributed by atoms with Crippen molar-refractivity contribution >= 4 is 29.3 Å². The molecule has 0 radical (unpaired) electrons. The Morgan fingerprint density at radius 1 is 1.50 bits per heavy atom. The second-order valence-corrected chi connectivity index (χ2v) is 2.77. The van der Waals surface area contributed by atoms with Gasteiger partial charge in [-0.2, -0.15) is 5.26 Å². The molecule has 2 nitrogen and oxygen atoms in total. The smallest absolute Gasteiger partial charge is 0.147 e. The van der Waals surface area contributed by atoms with Gasteiger partial charge in [-0.1, -0.05) is 23.2 Å². The van der Waals surface area contributed by atoms with E-state index >= 15 is 0 Å². The highest BCUT2D eigenvalue weighted by Crippen LogP contribution is 2.19. The third-order valence-corrected chi connectivity index (χ3v) is 1.85. The molecule has 0 aromatic carbocycles.